The van der Waals surface area contributed by atoms with Gasteiger partial charge in [-0.3, -0.25) is 4.79 Å². The lowest BCUT2D eigenvalue weighted by Gasteiger charge is -2.17. The van der Waals surface area contributed by atoms with Gasteiger partial charge in [0.15, 0.2) is 11.6 Å². The first-order valence-electron chi connectivity index (χ1n) is 8.81. The molecule has 0 aliphatic rings. The molecule has 0 fully saturated rings. The molecule has 0 saturated heterocycles. The van der Waals surface area contributed by atoms with Gasteiger partial charge in [-0.25, -0.2) is 8.78 Å². The Morgan fingerprint density at radius 2 is 1.93 bits per heavy atom. The molecule has 1 heterocycles. The number of ketones is 1. The zero-order chi connectivity index (χ0) is 21.8. The molecule has 0 saturated carbocycles. The van der Waals surface area contributed by atoms with E-state index in [0.29, 0.717) is 6.07 Å². The lowest BCUT2D eigenvalue weighted by molar-refractivity contribution is 0.103. The molecule has 0 bridgehead atoms. The van der Waals surface area contributed by atoms with Gasteiger partial charge in [-0.05, 0) is 31.2 Å². The zero-order valence-corrected chi connectivity index (χ0v) is 16.4. The number of rotatable bonds is 7. The number of aromatic nitrogens is 1. The molecule has 1 atom stereocenters. The lowest BCUT2D eigenvalue weighted by Crippen LogP contribution is -2.19. The van der Waals surface area contributed by atoms with Crippen LogP contribution in [0, 0.1) is 17.6 Å². The predicted octanol–water partition coefficient (Wildman–Crippen LogP) is 4.97. The first-order chi connectivity index (χ1) is 14.3. The Labute approximate surface area is 175 Å². The van der Waals surface area contributed by atoms with Crippen molar-refractivity contribution in [1.82, 2.24) is 4.98 Å². The van der Waals surface area contributed by atoms with Crippen LogP contribution >= 0.6 is 11.6 Å². The largest absolute Gasteiger partial charge is 0.435 e. The molecule has 5 nitrogen and oxygen atoms in total. The van der Waals surface area contributed by atoms with Crippen LogP contribution < -0.4 is 10.1 Å². The minimum atomic E-state index is -1.06. The molecule has 1 unspecified atom stereocenters. The molecule has 2 N–H and O–H groups in total. The molecule has 1 aromatic heterocycles. The van der Waals surface area contributed by atoms with Crippen molar-refractivity contribution in [2.24, 2.45) is 0 Å². The number of pyridine rings is 1. The molecule has 3 aromatic rings. The van der Waals surface area contributed by atoms with Gasteiger partial charge >= 0.3 is 0 Å². The quantitative estimate of drug-likeness (QED) is 0.404. The minimum absolute atomic E-state index is 0.0173. The second kappa shape index (κ2) is 9.15. The van der Waals surface area contributed by atoms with Crippen LogP contribution in [0.25, 0.3) is 0 Å². The molecule has 0 spiro atoms. The molecular formula is C21H16ClF3N2O3. The van der Waals surface area contributed by atoms with Gasteiger partial charge in [0.2, 0.25) is 17.6 Å². The average Bonchev–Trinajstić information content (AvgIpc) is 2.68. The number of anilines is 1. The van der Waals surface area contributed by atoms with Crippen LogP contribution in [0.5, 0.6) is 11.6 Å². The molecule has 0 amide bonds. The van der Waals surface area contributed by atoms with Crippen LogP contribution in [-0.4, -0.2) is 28.5 Å². The van der Waals surface area contributed by atoms with Crippen LogP contribution in [0.1, 0.15) is 22.8 Å². The lowest BCUT2D eigenvalue weighted by atomic mass is 10.0. The molecule has 9 heteroatoms. The maximum absolute atomic E-state index is 14.2. The number of halogens is 4. The summed E-state index contributed by atoms with van der Waals surface area (Å²) in [6, 6.07) is 9.61. The fourth-order valence-corrected chi connectivity index (χ4v) is 2.85. The summed E-state index contributed by atoms with van der Waals surface area (Å²) in [7, 11) is 0. The normalized spacial score (nSPS) is 11.8. The van der Waals surface area contributed by atoms with E-state index >= 15 is 0 Å². The highest BCUT2D eigenvalue weighted by atomic mass is 35.5. The second-order valence-electron chi connectivity index (χ2n) is 6.39. The monoisotopic (exact) mass is 436 g/mol. The van der Waals surface area contributed by atoms with Gasteiger partial charge in [-0.2, -0.15) is 9.37 Å². The Balaban J connectivity index is 2.14. The van der Waals surface area contributed by atoms with E-state index in [4.69, 9.17) is 16.3 Å². The number of nitrogens with zero attached hydrogens (tertiary/aromatic N) is 1. The molecule has 3 rings (SSSR count). The van der Waals surface area contributed by atoms with Crippen molar-refractivity contribution in [3.63, 3.8) is 0 Å². The van der Waals surface area contributed by atoms with E-state index in [2.05, 4.69) is 10.3 Å². The van der Waals surface area contributed by atoms with E-state index < -0.39 is 41.1 Å². The number of hydrogen-bond acceptors (Lipinski definition) is 5. The number of ether oxygens (including phenoxy) is 1. The van der Waals surface area contributed by atoms with E-state index in [-0.39, 0.29) is 28.4 Å². The van der Waals surface area contributed by atoms with Gasteiger partial charge in [0.25, 0.3) is 0 Å². The maximum atomic E-state index is 14.2. The van der Waals surface area contributed by atoms with Crippen molar-refractivity contribution >= 4 is 23.1 Å². The van der Waals surface area contributed by atoms with E-state index in [1.54, 1.807) is 12.1 Å². The van der Waals surface area contributed by atoms with Gasteiger partial charge in [0, 0.05) is 24.2 Å². The van der Waals surface area contributed by atoms with Gasteiger partial charge in [0.05, 0.1) is 16.8 Å². The highest BCUT2D eigenvalue weighted by Crippen LogP contribution is 2.34. The SMILES string of the molecule is CC(O)CNc1cc(F)nc(Oc2ccc(F)cc2F)c1C(=O)c1ccccc1Cl. The third kappa shape index (κ3) is 4.90. The number of nitrogens with one attached hydrogen (secondary N) is 1. The first kappa shape index (κ1) is 21.6. The number of hydrogen-bond donors (Lipinski definition) is 2. The summed E-state index contributed by atoms with van der Waals surface area (Å²) in [5.41, 5.74) is -0.184. The Bertz CT molecular complexity index is 1090. The van der Waals surface area contributed by atoms with Crippen LogP contribution in [0.15, 0.2) is 48.5 Å². The molecule has 2 aromatic carbocycles. The van der Waals surface area contributed by atoms with Crippen LogP contribution in [0.3, 0.4) is 0 Å². The van der Waals surface area contributed by atoms with Crippen molar-refractivity contribution in [3.8, 4) is 11.6 Å². The van der Waals surface area contributed by atoms with Gasteiger partial charge in [-0.15, -0.1) is 0 Å². The summed E-state index contributed by atoms with van der Waals surface area (Å²) in [6.07, 6.45) is -0.816. The third-order valence-corrected chi connectivity index (χ3v) is 4.32. The summed E-state index contributed by atoms with van der Waals surface area (Å²) in [6.45, 7) is 1.47. The fourth-order valence-electron chi connectivity index (χ4n) is 2.62. The summed E-state index contributed by atoms with van der Waals surface area (Å²) in [5.74, 6) is -4.58. The second-order valence-corrected chi connectivity index (χ2v) is 6.80. The van der Waals surface area contributed by atoms with Gasteiger partial charge in [-0.1, -0.05) is 23.7 Å². The number of benzene rings is 2. The predicted molar refractivity (Wildman–Crippen MR) is 106 cm³/mol. The Morgan fingerprint density at radius 3 is 2.60 bits per heavy atom. The van der Waals surface area contributed by atoms with Gasteiger partial charge < -0.3 is 15.2 Å². The summed E-state index contributed by atoms with van der Waals surface area (Å²) >= 11 is 6.12. The van der Waals surface area contributed by atoms with E-state index in [0.717, 1.165) is 18.2 Å². The van der Waals surface area contributed by atoms with Crippen LogP contribution in [-0.2, 0) is 0 Å². The van der Waals surface area contributed by atoms with E-state index in [9.17, 15) is 23.1 Å². The molecular weight excluding hydrogens is 421 g/mol. The van der Waals surface area contributed by atoms with Crippen molar-refractivity contribution < 1.29 is 27.8 Å². The summed E-state index contributed by atoms with van der Waals surface area (Å²) in [4.78, 5) is 16.8. The zero-order valence-electron chi connectivity index (χ0n) is 15.6. The summed E-state index contributed by atoms with van der Waals surface area (Å²) in [5, 5.41) is 12.4. The molecule has 0 radical (unpaired) electrons. The Hall–Kier alpha value is -3.10. The third-order valence-electron chi connectivity index (χ3n) is 3.99. The van der Waals surface area contributed by atoms with E-state index in [1.165, 1.54) is 19.1 Å². The highest BCUT2D eigenvalue weighted by molar-refractivity contribution is 6.35. The topological polar surface area (TPSA) is 71.4 Å². The average molecular weight is 437 g/mol. The number of carbonyl (C=O) groups is 1. The minimum Gasteiger partial charge on any atom is -0.435 e. The van der Waals surface area contributed by atoms with Crippen LogP contribution in [0.2, 0.25) is 5.02 Å². The Morgan fingerprint density at radius 1 is 1.20 bits per heavy atom. The number of aliphatic hydroxyl groups is 1. The smallest absolute Gasteiger partial charge is 0.235 e. The molecule has 30 heavy (non-hydrogen) atoms. The van der Waals surface area contributed by atoms with Crippen molar-refractivity contribution in [2.45, 2.75) is 13.0 Å². The summed E-state index contributed by atoms with van der Waals surface area (Å²) < 4.78 is 46.8. The first-order valence-corrected chi connectivity index (χ1v) is 9.18. The molecule has 0 aliphatic heterocycles. The Kier molecular flexibility index (Phi) is 6.59. The van der Waals surface area contributed by atoms with Crippen molar-refractivity contribution in [2.75, 3.05) is 11.9 Å². The number of carbonyl (C=O) groups excluding carboxylic acids is 1. The standard InChI is InChI=1S/C21H16ClF3N2O3/c1-11(28)10-26-16-9-18(25)27-21(30-17-7-6-12(23)8-15(17)24)19(16)20(29)13-4-2-3-5-14(13)22/h2-9,11,28H,10H2,1H3,(H,26,27). The van der Waals surface area contributed by atoms with Gasteiger partial charge in [0.1, 0.15) is 11.4 Å². The number of aliphatic hydroxyl groups excluding tert-OH is 1. The van der Waals surface area contributed by atoms with Crippen molar-refractivity contribution in [1.29, 1.82) is 0 Å². The molecule has 0 aliphatic carbocycles. The molecule has 156 valence electrons. The highest BCUT2D eigenvalue weighted by Gasteiger charge is 2.25. The maximum Gasteiger partial charge on any atom is 0.235 e. The fraction of sp³-hybridized carbons (Fsp3) is 0.143. The van der Waals surface area contributed by atoms with Crippen LogP contribution in [0.4, 0.5) is 18.9 Å². The van der Waals surface area contributed by atoms with E-state index in [1.807, 2.05) is 0 Å². The van der Waals surface area contributed by atoms with Crippen molar-refractivity contribution in [3.05, 3.63) is 82.3 Å².